The summed E-state index contributed by atoms with van der Waals surface area (Å²) >= 11 is 0. The van der Waals surface area contributed by atoms with E-state index in [2.05, 4.69) is 5.32 Å². The van der Waals surface area contributed by atoms with E-state index in [0.717, 1.165) is 0 Å². The highest BCUT2D eigenvalue weighted by Crippen LogP contribution is 1.95. The van der Waals surface area contributed by atoms with Gasteiger partial charge in [-0.1, -0.05) is 6.08 Å². The Bertz CT molecular complexity index is 220. The minimum Gasteiger partial charge on any atom is -0.405 e. The van der Waals surface area contributed by atoms with E-state index < -0.39 is 6.10 Å². The fourth-order valence-electron chi connectivity index (χ4n) is 0.749. The van der Waals surface area contributed by atoms with Gasteiger partial charge in [0, 0.05) is 12.1 Å². The summed E-state index contributed by atoms with van der Waals surface area (Å²) in [6, 6.07) is 0. The van der Waals surface area contributed by atoms with Crippen LogP contribution in [-0.4, -0.2) is 23.7 Å². The lowest BCUT2D eigenvalue weighted by Gasteiger charge is -2.06. The average molecular weight is 184 g/mol. The first-order valence-corrected chi connectivity index (χ1v) is 4.12. The van der Waals surface area contributed by atoms with Crippen LogP contribution < -0.4 is 11.1 Å². The van der Waals surface area contributed by atoms with Crippen molar-refractivity contribution in [3.63, 3.8) is 0 Å². The Morgan fingerprint density at radius 2 is 2.31 bits per heavy atom. The maximum Gasteiger partial charge on any atom is 0.251 e. The molecule has 13 heavy (non-hydrogen) atoms. The first-order valence-electron chi connectivity index (χ1n) is 4.12. The molecule has 0 radical (unpaired) electrons. The largest absolute Gasteiger partial charge is 0.405 e. The molecule has 0 saturated carbocycles. The Balaban J connectivity index is 4.09. The lowest BCUT2D eigenvalue weighted by atomic mass is 10.2. The van der Waals surface area contributed by atoms with Crippen LogP contribution in [0.4, 0.5) is 0 Å². The average Bonchev–Trinajstić information content (AvgIpc) is 2.10. The molecule has 1 amide bonds. The van der Waals surface area contributed by atoms with Gasteiger partial charge in [-0.3, -0.25) is 4.79 Å². The monoisotopic (exact) mass is 184 g/mol. The van der Waals surface area contributed by atoms with Crippen molar-refractivity contribution < 1.29 is 9.90 Å². The minimum atomic E-state index is -0.538. The van der Waals surface area contributed by atoms with Crippen molar-refractivity contribution in [3.05, 3.63) is 23.9 Å². The molecule has 4 nitrogen and oxygen atoms in total. The number of hydrogen-bond acceptors (Lipinski definition) is 3. The highest BCUT2D eigenvalue weighted by Gasteiger charge is 2.05. The molecule has 0 aromatic rings. The number of amides is 1. The summed E-state index contributed by atoms with van der Waals surface area (Å²) in [4.78, 5) is 11.3. The number of nitrogens with two attached hydrogens (primary N) is 1. The molecule has 0 spiro atoms. The lowest BCUT2D eigenvalue weighted by Crippen LogP contribution is -2.31. The van der Waals surface area contributed by atoms with Gasteiger partial charge in [0.05, 0.1) is 6.10 Å². The molecule has 0 aliphatic heterocycles. The van der Waals surface area contributed by atoms with E-state index in [1.165, 1.54) is 12.3 Å². The Kier molecular flexibility index (Phi) is 5.63. The molecule has 0 aromatic heterocycles. The van der Waals surface area contributed by atoms with Crippen LogP contribution in [0, 0.1) is 0 Å². The predicted molar refractivity (Wildman–Crippen MR) is 51.8 cm³/mol. The molecule has 0 aromatic carbocycles. The summed E-state index contributed by atoms with van der Waals surface area (Å²) in [5.41, 5.74) is 5.64. The van der Waals surface area contributed by atoms with Crippen molar-refractivity contribution in [2.45, 2.75) is 20.0 Å². The van der Waals surface area contributed by atoms with Gasteiger partial charge >= 0.3 is 0 Å². The van der Waals surface area contributed by atoms with Crippen LogP contribution >= 0.6 is 0 Å². The smallest absolute Gasteiger partial charge is 0.251 e. The van der Waals surface area contributed by atoms with E-state index in [4.69, 9.17) is 10.8 Å². The summed E-state index contributed by atoms with van der Waals surface area (Å²) < 4.78 is 0. The third-order valence-electron chi connectivity index (χ3n) is 1.41. The van der Waals surface area contributed by atoms with E-state index in [0.29, 0.717) is 5.57 Å². The van der Waals surface area contributed by atoms with Crippen molar-refractivity contribution in [3.8, 4) is 0 Å². The zero-order valence-corrected chi connectivity index (χ0v) is 7.95. The van der Waals surface area contributed by atoms with Crippen LogP contribution in [0.1, 0.15) is 13.8 Å². The van der Waals surface area contributed by atoms with E-state index in [1.807, 2.05) is 0 Å². The molecule has 1 unspecified atom stereocenters. The van der Waals surface area contributed by atoms with E-state index in [-0.39, 0.29) is 12.5 Å². The van der Waals surface area contributed by atoms with Crippen LogP contribution in [0.25, 0.3) is 0 Å². The zero-order chi connectivity index (χ0) is 10.3. The normalized spacial score (nSPS) is 14.5. The first kappa shape index (κ1) is 11.7. The van der Waals surface area contributed by atoms with Gasteiger partial charge in [-0.15, -0.1) is 0 Å². The van der Waals surface area contributed by atoms with Gasteiger partial charge in [0.25, 0.3) is 5.91 Å². The zero-order valence-electron chi connectivity index (χ0n) is 7.95. The fraction of sp³-hybridized carbons (Fsp3) is 0.444. The van der Waals surface area contributed by atoms with Gasteiger partial charge < -0.3 is 16.2 Å². The SMILES string of the molecule is C/C=C(\C=C/N)C(=O)NCC(C)O. The number of hydrogen-bond donors (Lipinski definition) is 3. The van der Waals surface area contributed by atoms with Crippen molar-refractivity contribution in [1.29, 1.82) is 0 Å². The lowest BCUT2D eigenvalue weighted by molar-refractivity contribution is -0.117. The number of nitrogens with one attached hydrogen (secondary N) is 1. The van der Waals surface area contributed by atoms with Gasteiger partial charge in [-0.05, 0) is 26.1 Å². The molecule has 0 bridgehead atoms. The highest BCUT2D eigenvalue weighted by atomic mass is 16.3. The molecular formula is C9H16N2O2. The quantitative estimate of drug-likeness (QED) is 0.422. The van der Waals surface area contributed by atoms with Crippen molar-refractivity contribution in [2.24, 2.45) is 5.73 Å². The molecule has 4 N–H and O–H groups in total. The van der Waals surface area contributed by atoms with Crippen LogP contribution in [0.15, 0.2) is 23.9 Å². The van der Waals surface area contributed by atoms with Crippen molar-refractivity contribution >= 4 is 5.91 Å². The standard InChI is InChI=1S/C9H16N2O2/c1-3-8(4-5-10)9(13)11-6-7(2)12/h3-5,7,12H,6,10H2,1-2H3,(H,11,13)/b5-4-,8-3+. The number of carbonyl (C=O) groups excluding carboxylic acids is 1. The first-order chi connectivity index (χ1) is 6.11. The van der Waals surface area contributed by atoms with Gasteiger partial charge in [-0.25, -0.2) is 0 Å². The molecule has 0 saturated heterocycles. The Hall–Kier alpha value is -1.29. The van der Waals surface area contributed by atoms with Gasteiger partial charge in [0.2, 0.25) is 0 Å². The molecule has 74 valence electrons. The number of rotatable bonds is 4. The second-order valence-corrected chi connectivity index (χ2v) is 2.66. The van der Waals surface area contributed by atoms with Crippen molar-refractivity contribution in [1.82, 2.24) is 5.32 Å². The number of allylic oxidation sites excluding steroid dienone is 1. The maximum atomic E-state index is 11.3. The second-order valence-electron chi connectivity index (χ2n) is 2.66. The Morgan fingerprint density at radius 3 is 2.69 bits per heavy atom. The predicted octanol–water partition coefficient (Wildman–Crippen LogP) is -0.0979. The number of aliphatic hydroxyl groups is 1. The summed E-state index contributed by atoms with van der Waals surface area (Å²) in [5.74, 6) is -0.231. The van der Waals surface area contributed by atoms with Crippen LogP contribution in [0.5, 0.6) is 0 Å². The third kappa shape index (κ3) is 5.03. The topological polar surface area (TPSA) is 75.4 Å². The van der Waals surface area contributed by atoms with E-state index in [9.17, 15) is 4.79 Å². The maximum absolute atomic E-state index is 11.3. The molecule has 0 heterocycles. The second kappa shape index (κ2) is 6.25. The van der Waals surface area contributed by atoms with Crippen molar-refractivity contribution in [2.75, 3.05) is 6.54 Å². The van der Waals surface area contributed by atoms with Crippen LogP contribution in [0.3, 0.4) is 0 Å². The van der Waals surface area contributed by atoms with Crippen LogP contribution in [0.2, 0.25) is 0 Å². The van der Waals surface area contributed by atoms with Gasteiger partial charge in [0.15, 0.2) is 0 Å². The fourth-order valence-corrected chi connectivity index (χ4v) is 0.749. The van der Waals surface area contributed by atoms with Gasteiger partial charge in [-0.2, -0.15) is 0 Å². The third-order valence-corrected chi connectivity index (χ3v) is 1.41. The number of aliphatic hydroxyl groups excluding tert-OH is 1. The molecular weight excluding hydrogens is 168 g/mol. The summed E-state index contributed by atoms with van der Waals surface area (Å²) in [5, 5.41) is 11.5. The Morgan fingerprint density at radius 1 is 1.69 bits per heavy atom. The molecule has 0 fully saturated rings. The van der Waals surface area contributed by atoms with Crippen LogP contribution in [-0.2, 0) is 4.79 Å². The summed E-state index contributed by atoms with van der Waals surface area (Å²) in [6.07, 6.45) is 3.93. The molecule has 1 atom stereocenters. The van der Waals surface area contributed by atoms with Gasteiger partial charge in [0.1, 0.15) is 0 Å². The highest BCUT2D eigenvalue weighted by molar-refractivity contribution is 5.95. The summed E-state index contributed by atoms with van der Waals surface area (Å²) in [6.45, 7) is 3.60. The van der Waals surface area contributed by atoms with E-state index in [1.54, 1.807) is 19.9 Å². The number of carbonyl (C=O) groups is 1. The molecule has 0 aliphatic rings. The molecule has 4 heteroatoms. The molecule has 0 rings (SSSR count). The Labute approximate surface area is 78.1 Å². The molecule has 0 aliphatic carbocycles. The van der Waals surface area contributed by atoms with E-state index >= 15 is 0 Å². The minimum absolute atomic E-state index is 0.231. The summed E-state index contributed by atoms with van der Waals surface area (Å²) in [7, 11) is 0.